The number of rotatable bonds is 4. The van der Waals surface area contributed by atoms with Crippen molar-refractivity contribution in [3.05, 3.63) is 0 Å². The van der Waals surface area contributed by atoms with Crippen molar-refractivity contribution in [1.82, 2.24) is 10.6 Å². The molecule has 0 radical (unpaired) electrons. The van der Waals surface area contributed by atoms with Gasteiger partial charge in [-0.2, -0.15) is 11.8 Å². The molecule has 0 saturated carbocycles. The highest BCUT2D eigenvalue weighted by atomic mass is 32.2. The summed E-state index contributed by atoms with van der Waals surface area (Å²) in [5.74, 6) is 4.77. The summed E-state index contributed by atoms with van der Waals surface area (Å²) < 4.78 is 0. The van der Waals surface area contributed by atoms with Crippen molar-refractivity contribution in [1.29, 1.82) is 0 Å². The molecule has 0 aromatic heterocycles. The fourth-order valence-electron chi connectivity index (χ4n) is 1.49. The van der Waals surface area contributed by atoms with Gasteiger partial charge >= 0.3 is 0 Å². The summed E-state index contributed by atoms with van der Waals surface area (Å²) in [6, 6.07) is 0.188. The Hall–Kier alpha value is -0.660. The molecule has 0 bridgehead atoms. The summed E-state index contributed by atoms with van der Waals surface area (Å²) in [4.78, 5) is 11.6. The molecular formula is C11H18N2OS. The lowest BCUT2D eigenvalue weighted by atomic mass is 10.2. The van der Waals surface area contributed by atoms with Crippen LogP contribution in [0.3, 0.4) is 0 Å². The Labute approximate surface area is 95.8 Å². The molecule has 1 heterocycles. The number of amides is 1. The van der Waals surface area contributed by atoms with Crippen LogP contribution < -0.4 is 10.6 Å². The van der Waals surface area contributed by atoms with Crippen molar-refractivity contribution in [2.75, 3.05) is 18.1 Å². The van der Waals surface area contributed by atoms with Crippen molar-refractivity contribution in [3.8, 4) is 12.3 Å². The summed E-state index contributed by atoms with van der Waals surface area (Å²) in [5, 5.41) is 6.17. The molecule has 0 spiro atoms. The summed E-state index contributed by atoms with van der Waals surface area (Å²) in [5.41, 5.74) is 0. The van der Waals surface area contributed by atoms with E-state index in [0.717, 1.165) is 24.5 Å². The van der Waals surface area contributed by atoms with E-state index in [9.17, 15) is 4.79 Å². The van der Waals surface area contributed by atoms with E-state index in [1.807, 2.05) is 18.7 Å². The molecule has 2 unspecified atom stereocenters. The molecule has 0 aromatic rings. The van der Waals surface area contributed by atoms with Gasteiger partial charge in [0.15, 0.2) is 0 Å². The largest absolute Gasteiger partial charge is 0.342 e. The van der Waals surface area contributed by atoms with Gasteiger partial charge in [0.25, 0.3) is 0 Å². The summed E-state index contributed by atoms with van der Waals surface area (Å²) in [6.45, 7) is 2.97. The second kappa shape index (κ2) is 6.76. The van der Waals surface area contributed by atoms with Gasteiger partial charge in [0.2, 0.25) is 5.91 Å². The maximum absolute atomic E-state index is 11.6. The fourth-order valence-corrected chi connectivity index (χ4v) is 2.44. The molecule has 15 heavy (non-hydrogen) atoms. The fraction of sp³-hybridized carbons (Fsp3) is 0.727. The van der Waals surface area contributed by atoms with Crippen LogP contribution in [0.4, 0.5) is 0 Å². The van der Waals surface area contributed by atoms with Gasteiger partial charge in [0, 0.05) is 30.5 Å². The molecule has 4 heteroatoms. The van der Waals surface area contributed by atoms with E-state index in [-0.39, 0.29) is 11.9 Å². The third kappa shape index (κ3) is 4.59. The molecule has 2 N–H and O–H groups in total. The second-order valence-electron chi connectivity index (χ2n) is 3.63. The quantitative estimate of drug-likeness (QED) is 0.690. The number of thioether (sulfide) groups is 1. The molecule has 1 fully saturated rings. The Bertz CT molecular complexity index is 243. The Morgan fingerprint density at radius 3 is 3.13 bits per heavy atom. The Morgan fingerprint density at radius 1 is 1.80 bits per heavy atom. The monoisotopic (exact) mass is 226 g/mol. The summed E-state index contributed by atoms with van der Waals surface area (Å²) in [6.07, 6.45) is 6.60. The van der Waals surface area contributed by atoms with Crippen LogP contribution in [0.2, 0.25) is 0 Å². The maximum atomic E-state index is 11.6. The van der Waals surface area contributed by atoms with Gasteiger partial charge < -0.3 is 10.6 Å². The second-order valence-corrected chi connectivity index (χ2v) is 4.77. The third-order valence-electron chi connectivity index (χ3n) is 2.37. The highest BCUT2D eigenvalue weighted by Crippen LogP contribution is 2.10. The molecule has 84 valence electrons. The smallest absolute Gasteiger partial charge is 0.222 e. The molecule has 1 rings (SSSR count). The van der Waals surface area contributed by atoms with E-state index in [1.165, 1.54) is 0 Å². The van der Waals surface area contributed by atoms with Crippen molar-refractivity contribution < 1.29 is 4.79 Å². The van der Waals surface area contributed by atoms with Gasteiger partial charge in [-0.1, -0.05) is 12.8 Å². The van der Waals surface area contributed by atoms with Crippen molar-refractivity contribution in [2.24, 2.45) is 0 Å². The minimum atomic E-state index is -0.117. The molecule has 3 nitrogen and oxygen atoms in total. The molecule has 2 atom stereocenters. The lowest BCUT2D eigenvalue weighted by molar-refractivity contribution is -0.121. The van der Waals surface area contributed by atoms with E-state index in [0.29, 0.717) is 12.5 Å². The summed E-state index contributed by atoms with van der Waals surface area (Å²) >= 11 is 1.89. The lowest BCUT2D eigenvalue weighted by Gasteiger charge is -2.23. The van der Waals surface area contributed by atoms with Crippen molar-refractivity contribution in [2.45, 2.75) is 31.8 Å². The number of carbonyl (C=O) groups is 1. The zero-order valence-corrected chi connectivity index (χ0v) is 9.90. The average Bonchev–Trinajstić information content (AvgIpc) is 2.27. The van der Waals surface area contributed by atoms with Crippen LogP contribution in [0.15, 0.2) is 0 Å². The number of nitrogens with one attached hydrogen (secondary N) is 2. The predicted molar refractivity (Wildman–Crippen MR) is 64.8 cm³/mol. The van der Waals surface area contributed by atoms with E-state index in [4.69, 9.17) is 6.42 Å². The van der Waals surface area contributed by atoms with E-state index in [2.05, 4.69) is 16.6 Å². The van der Waals surface area contributed by atoms with Crippen LogP contribution in [0, 0.1) is 12.3 Å². The van der Waals surface area contributed by atoms with Crippen LogP contribution >= 0.6 is 11.8 Å². The first kappa shape index (κ1) is 12.4. The van der Waals surface area contributed by atoms with Crippen LogP contribution in [0.25, 0.3) is 0 Å². The van der Waals surface area contributed by atoms with Crippen LogP contribution in [-0.4, -0.2) is 36.0 Å². The van der Waals surface area contributed by atoms with Gasteiger partial charge in [-0.3, -0.25) is 4.79 Å². The number of hydrogen-bond acceptors (Lipinski definition) is 3. The first-order chi connectivity index (χ1) is 7.26. The Balaban J connectivity index is 2.25. The topological polar surface area (TPSA) is 41.1 Å². The van der Waals surface area contributed by atoms with Crippen LogP contribution in [-0.2, 0) is 4.79 Å². The van der Waals surface area contributed by atoms with Crippen molar-refractivity contribution >= 4 is 17.7 Å². The maximum Gasteiger partial charge on any atom is 0.222 e. The van der Waals surface area contributed by atoms with E-state index < -0.39 is 0 Å². The Kier molecular flexibility index (Phi) is 5.59. The average molecular weight is 226 g/mol. The number of terminal acetylenes is 1. The van der Waals surface area contributed by atoms with Crippen LogP contribution in [0.1, 0.15) is 19.8 Å². The molecule has 1 aliphatic rings. The zero-order valence-electron chi connectivity index (χ0n) is 9.08. The van der Waals surface area contributed by atoms with Gasteiger partial charge in [0.05, 0.1) is 6.04 Å². The third-order valence-corrected chi connectivity index (χ3v) is 3.51. The molecule has 1 amide bonds. The number of carbonyl (C=O) groups excluding carboxylic acids is 1. The highest BCUT2D eigenvalue weighted by Gasteiger charge is 2.17. The van der Waals surface area contributed by atoms with Crippen molar-refractivity contribution in [3.63, 3.8) is 0 Å². The minimum Gasteiger partial charge on any atom is -0.342 e. The van der Waals surface area contributed by atoms with Gasteiger partial charge in [-0.15, -0.1) is 6.42 Å². The minimum absolute atomic E-state index is 0.0554. The molecule has 0 aromatic carbocycles. The summed E-state index contributed by atoms with van der Waals surface area (Å²) in [7, 11) is 0. The van der Waals surface area contributed by atoms with Gasteiger partial charge in [-0.05, 0) is 6.42 Å². The van der Waals surface area contributed by atoms with Gasteiger partial charge in [0.1, 0.15) is 0 Å². The first-order valence-corrected chi connectivity index (χ1v) is 6.48. The predicted octanol–water partition coefficient (Wildman–Crippen LogP) is 0.609. The first-order valence-electron chi connectivity index (χ1n) is 5.33. The standard InChI is InChI=1S/C11H18N2OS/c1-3-9(4-2)13-11(14)7-10-8-15-6-5-12-10/h1,9-10,12H,4-8H2,2H3,(H,13,14). The van der Waals surface area contributed by atoms with Gasteiger partial charge in [-0.25, -0.2) is 0 Å². The Morgan fingerprint density at radius 2 is 2.60 bits per heavy atom. The molecule has 0 aliphatic carbocycles. The zero-order chi connectivity index (χ0) is 11.1. The SMILES string of the molecule is C#CC(CC)NC(=O)CC1CSCCN1. The molecule has 1 saturated heterocycles. The number of hydrogen-bond donors (Lipinski definition) is 2. The lowest BCUT2D eigenvalue weighted by Crippen LogP contribution is -2.43. The normalized spacial score (nSPS) is 22.8. The molecular weight excluding hydrogens is 208 g/mol. The molecule has 1 aliphatic heterocycles. The van der Waals surface area contributed by atoms with Crippen LogP contribution in [0.5, 0.6) is 0 Å². The van der Waals surface area contributed by atoms with E-state index in [1.54, 1.807) is 0 Å². The van der Waals surface area contributed by atoms with E-state index >= 15 is 0 Å². The highest BCUT2D eigenvalue weighted by molar-refractivity contribution is 7.99.